The predicted octanol–water partition coefficient (Wildman–Crippen LogP) is 3.57. The van der Waals surface area contributed by atoms with Crippen molar-refractivity contribution in [3.05, 3.63) is 38.5 Å². The minimum absolute atomic E-state index is 0.0494. The Morgan fingerprint density at radius 2 is 2.00 bits per heavy atom. The van der Waals surface area contributed by atoms with E-state index in [1.54, 1.807) is 22.7 Å². The molecule has 1 N–H and O–H groups in total. The van der Waals surface area contributed by atoms with Gasteiger partial charge in [-0.25, -0.2) is 9.78 Å². The Morgan fingerprint density at radius 1 is 1.23 bits per heavy atom. The number of aromatic nitrogens is 1. The molecule has 2 aromatic rings. The SMILES string of the molecule is CC(C)(C)c1csc(CCNC(=O)N2CCN(Cc3cccs3)CC2)n1. The minimum atomic E-state index is 0.0494. The number of urea groups is 1. The van der Waals surface area contributed by atoms with Crippen molar-refractivity contribution >= 4 is 28.7 Å². The number of hydrogen-bond donors (Lipinski definition) is 1. The molecule has 1 fully saturated rings. The van der Waals surface area contributed by atoms with Crippen molar-refractivity contribution in [1.29, 1.82) is 0 Å². The average Bonchev–Trinajstić information content (AvgIpc) is 3.27. The van der Waals surface area contributed by atoms with Gasteiger partial charge >= 0.3 is 6.03 Å². The first-order valence-corrected chi connectivity index (χ1v) is 10.9. The fourth-order valence-corrected chi connectivity index (χ4v) is 4.66. The first-order chi connectivity index (χ1) is 12.4. The van der Waals surface area contributed by atoms with Crippen molar-refractivity contribution < 1.29 is 4.79 Å². The van der Waals surface area contributed by atoms with Gasteiger partial charge < -0.3 is 10.2 Å². The molecule has 0 bridgehead atoms. The van der Waals surface area contributed by atoms with E-state index in [9.17, 15) is 4.79 Å². The molecule has 2 amide bonds. The zero-order valence-electron chi connectivity index (χ0n) is 15.8. The van der Waals surface area contributed by atoms with E-state index in [-0.39, 0.29) is 11.4 Å². The molecule has 0 spiro atoms. The van der Waals surface area contributed by atoms with Gasteiger partial charge in [-0.05, 0) is 11.4 Å². The van der Waals surface area contributed by atoms with E-state index in [0.29, 0.717) is 6.54 Å². The molecule has 3 rings (SSSR count). The van der Waals surface area contributed by atoms with Gasteiger partial charge in [-0.1, -0.05) is 26.8 Å². The van der Waals surface area contributed by atoms with E-state index in [4.69, 9.17) is 0 Å². The summed E-state index contributed by atoms with van der Waals surface area (Å²) in [4.78, 5) is 22.8. The van der Waals surface area contributed by atoms with Crippen LogP contribution in [0.25, 0.3) is 0 Å². The number of nitrogens with one attached hydrogen (secondary N) is 1. The van der Waals surface area contributed by atoms with Gasteiger partial charge in [-0.15, -0.1) is 22.7 Å². The van der Waals surface area contributed by atoms with E-state index >= 15 is 0 Å². The molecule has 0 atom stereocenters. The number of thiazole rings is 1. The van der Waals surface area contributed by atoms with Crippen molar-refractivity contribution in [1.82, 2.24) is 20.1 Å². The van der Waals surface area contributed by atoms with Crippen molar-refractivity contribution in [2.45, 2.75) is 39.2 Å². The molecule has 3 heterocycles. The van der Waals surface area contributed by atoms with Crippen LogP contribution in [0.1, 0.15) is 36.3 Å². The van der Waals surface area contributed by atoms with Crippen molar-refractivity contribution in [2.75, 3.05) is 32.7 Å². The van der Waals surface area contributed by atoms with Gasteiger partial charge in [0.2, 0.25) is 0 Å². The lowest BCUT2D eigenvalue weighted by Gasteiger charge is -2.34. The molecule has 26 heavy (non-hydrogen) atoms. The van der Waals surface area contributed by atoms with Gasteiger partial charge in [0.15, 0.2) is 0 Å². The average molecular weight is 393 g/mol. The van der Waals surface area contributed by atoms with Gasteiger partial charge in [-0.3, -0.25) is 4.90 Å². The number of piperazine rings is 1. The van der Waals surface area contributed by atoms with Crippen LogP contribution < -0.4 is 5.32 Å². The summed E-state index contributed by atoms with van der Waals surface area (Å²) in [5, 5.41) is 8.39. The number of hydrogen-bond acceptors (Lipinski definition) is 5. The van der Waals surface area contributed by atoms with Gasteiger partial charge in [-0.2, -0.15) is 0 Å². The first-order valence-electron chi connectivity index (χ1n) is 9.14. The highest BCUT2D eigenvalue weighted by atomic mass is 32.1. The molecular weight excluding hydrogens is 364 g/mol. The third kappa shape index (κ3) is 5.28. The molecule has 1 saturated heterocycles. The van der Waals surface area contributed by atoms with Crippen LogP contribution in [0, 0.1) is 0 Å². The number of amides is 2. The Bertz CT molecular complexity index is 697. The molecule has 2 aromatic heterocycles. The number of nitrogens with zero attached hydrogens (tertiary/aromatic N) is 3. The highest BCUT2D eigenvalue weighted by molar-refractivity contribution is 7.10. The standard InChI is InChI=1S/C19H28N4OS2/c1-19(2,3)16-14-26-17(21-16)6-7-20-18(24)23-10-8-22(9-11-23)13-15-5-4-12-25-15/h4-5,12,14H,6-11,13H2,1-3H3,(H,20,24). The van der Waals surface area contributed by atoms with E-state index < -0.39 is 0 Å². The number of thiophene rings is 1. The summed E-state index contributed by atoms with van der Waals surface area (Å²) in [6, 6.07) is 4.32. The maximum absolute atomic E-state index is 12.4. The molecule has 0 aromatic carbocycles. The topological polar surface area (TPSA) is 48.5 Å². The van der Waals surface area contributed by atoms with Gasteiger partial charge in [0.1, 0.15) is 0 Å². The molecule has 142 valence electrons. The van der Waals surface area contributed by atoms with Crippen molar-refractivity contribution in [2.24, 2.45) is 0 Å². The quantitative estimate of drug-likeness (QED) is 0.846. The summed E-state index contributed by atoms with van der Waals surface area (Å²) in [6.45, 7) is 11.6. The summed E-state index contributed by atoms with van der Waals surface area (Å²) in [5.74, 6) is 0. The Balaban J connectivity index is 1.37. The van der Waals surface area contributed by atoms with Crippen molar-refractivity contribution in [3.63, 3.8) is 0 Å². The normalized spacial score (nSPS) is 16.0. The number of carbonyl (C=O) groups excluding carboxylic acids is 1. The Labute approximate surface area is 164 Å². The van der Waals surface area contributed by atoms with Gasteiger partial charge in [0.05, 0.1) is 10.7 Å². The second-order valence-electron chi connectivity index (χ2n) is 7.70. The van der Waals surface area contributed by atoms with Crippen LogP contribution in [0.5, 0.6) is 0 Å². The summed E-state index contributed by atoms with van der Waals surface area (Å²) in [5.41, 5.74) is 1.21. The molecule has 5 nitrogen and oxygen atoms in total. The summed E-state index contributed by atoms with van der Waals surface area (Å²) < 4.78 is 0. The Kier molecular flexibility index (Phi) is 6.32. The smallest absolute Gasteiger partial charge is 0.317 e. The monoisotopic (exact) mass is 392 g/mol. The van der Waals surface area contributed by atoms with Gasteiger partial charge in [0.25, 0.3) is 0 Å². The molecule has 1 aliphatic rings. The molecular formula is C19H28N4OS2. The number of carbonyl (C=O) groups is 1. The fourth-order valence-electron chi connectivity index (χ4n) is 2.89. The summed E-state index contributed by atoms with van der Waals surface area (Å²) in [6.07, 6.45) is 0.796. The van der Waals surface area contributed by atoms with Crippen LogP contribution in [0.3, 0.4) is 0 Å². The second kappa shape index (κ2) is 8.50. The third-order valence-electron chi connectivity index (χ3n) is 4.55. The first kappa shape index (κ1) is 19.3. The van der Waals surface area contributed by atoms with Gasteiger partial charge in [0, 0.05) is 61.4 Å². The molecule has 0 radical (unpaired) electrons. The molecule has 7 heteroatoms. The molecule has 0 saturated carbocycles. The van der Waals surface area contributed by atoms with Crippen LogP contribution >= 0.6 is 22.7 Å². The highest BCUT2D eigenvalue weighted by Crippen LogP contribution is 2.23. The van der Waals surface area contributed by atoms with E-state index in [1.165, 1.54) is 4.88 Å². The lowest BCUT2D eigenvalue weighted by molar-refractivity contribution is 0.136. The van der Waals surface area contributed by atoms with Crippen LogP contribution in [-0.2, 0) is 18.4 Å². The lowest BCUT2D eigenvalue weighted by Crippen LogP contribution is -2.51. The zero-order chi connectivity index (χ0) is 18.6. The molecule has 1 aliphatic heterocycles. The maximum atomic E-state index is 12.4. The van der Waals surface area contributed by atoms with Crippen LogP contribution in [0.2, 0.25) is 0 Å². The highest BCUT2D eigenvalue weighted by Gasteiger charge is 2.21. The van der Waals surface area contributed by atoms with E-state index in [0.717, 1.165) is 49.8 Å². The second-order valence-corrected chi connectivity index (χ2v) is 9.68. The number of rotatable bonds is 5. The Hall–Kier alpha value is -1.44. The van der Waals surface area contributed by atoms with Crippen LogP contribution in [0.15, 0.2) is 22.9 Å². The Morgan fingerprint density at radius 3 is 2.62 bits per heavy atom. The van der Waals surface area contributed by atoms with Crippen LogP contribution in [-0.4, -0.2) is 53.5 Å². The predicted molar refractivity (Wildman–Crippen MR) is 109 cm³/mol. The summed E-state index contributed by atoms with van der Waals surface area (Å²) >= 11 is 3.48. The third-order valence-corrected chi connectivity index (χ3v) is 6.32. The maximum Gasteiger partial charge on any atom is 0.317 e. The largest absolute Gasteiger partial charge is 0.338 e. The minimum Gasteiger partial charge on any atom is -0.338 e. The van der Waals surface area contributed by atoms with E-state index in [2.05, 4.69) is 58.9 Å². The fraction of sp³-hybridized carbons (Fsp3) is 0.579. The van der Waals surface area contributed by atoms with E-state index in [1.807, 2.05) is 4.90 Å². The molecule has 0 aliphatic carbocycles. The summed E-state index contributed by atoms with van der Waals surface area (Å²) in [7, 11) is 0. The zero-order valence-corrected chi connectivity index (χ0v) is 17.5. The van der Waals surface area contributed by atoms with Crippen LogP contribution in [0.4, 0.5) is 4.79 Å². The van der Waals surface area contributed by atoms with Crippen molar-refractivity contribution in [3.8, 4) is 0 Å². The lowest BCUT2D eigenvalue weighted by atomic mass is 9.93. The molecule has 0 unspecified atom stereocenters.